The van der Waals surface area contributed by atoms with E-state index in [1.54, 1.807) is 24.2 Å². The molecule has 8 nitrogen and oxygen atoms in total. The van der Waals surface area contributed by atoms with Gasteiger partial charge in [-0.25, -0.2) is 0 Å². The minimum Gasteiger partial charge on any atom is -0.390 e. The van der Waals surface area contributed by atoms with Gasteiger partial charge in [-0.15, -0.1) is 15.3 Å². The highest BCUT2D eigenvalue weighted by molar-refractivity contribution is 7.13. The molecule has 21 heavy (non-hydrogen) atoms. The summed E-state index contributed by atoms with van der Waals surface area (Å²) in [6.07, 6.45) is 3.36. The van der Waals surface area contributed by atoms with E-state index in [0.717, 1.165) is 10.6 Å². The van der Waals surface area contributed by atoms with E-state index in [9.17, 15) is 5.11 Å². The van der Waals surface area contributed by atoms with Crippen molar-refractivity contribution < 1.29 is 9.84 Å². The molecule has 0 aliphatic rings. The Morgan fingerprint density at radius 1 is 1.33 bits per heavy atom. The monoisotopic (exact) mass is 304 g/mol. The third-order valence-corrected chi connectivity index (χ3v) is 3.60. The van der Waals surface area contributed by atoms with E-state index < -0.39 is 0 Å². The maximum atomic E-state index is 9.44. The van der Waals surface area contributed by atoms with Crippen LogP contribution in [0.5, 0.6) is 0 Å². The number of aliphatic hydroxyl groups excluding tert-OH is 1. The lowest BCUT2D eigenvalue weighted by Crippen LogP contribution is -2.00. The molecular formula is C12H12N6O2S. The molecule has 0 fully saturated rings. The van der Waals surface area contributed by atoms with E-state index in [4.69, 9.17) is 4.74 Å². The van der Waals surface area contributed by atoms with Crippen molar-refractivity contribution in [2.24, 2.45) is 0 Å². The van der Waals surface area contributed by atoms with Gasteiger partial charge in [-0.2, -0.15) is 4.68 Å². The number of hydrogen-bond donors (Lipinski definition) is 1. The number of ether oxygens (including phenoxy) is 1. The van der Waals surface area contributed by atoms with E-state index in [2.05, 4.69) is 25.5 Å². The number of nitrogens with zero attached hydrogens (tertiary/aromatic N) is 6. The molecule has 0 aromatic carbocycles. The Morgan fingerprint density at radius 3 is 2.95 bits per heavy atom. The van der Waals surface area contributed by atoms with Crippen LogP contribution in [0.2, 0.25) is 0 Å². The van der Waals surface area contributed by atoms with Crippen molar-refractivity contribution in [2.45, 2.75) is 13.2 Å². The first-order valence-corrected chi connectivity index (χ1v) is 6.92. The van der Waals surface area contributed by atoms with Gasteiger partial charge in [0.15, 0.2) is 0 Å². The summed E-state index contributed by atoms with van der Waals surface area (Å²) in [5, 5.41) is 26.9. The van der Waals surface area contributed by atoms with Crippen LogP contribution in [-0.4, -0.2) is 42.4 Å². The zero-order chi connectivity index (χ0) is 14.7. The van der Waals surface area contributed by atoms with Crippen LogP contribution in [0, 0.1) is 0 Å². The average molecular weight is 304 g/mol. The highest BCUT2D eigenvalue weighted by atomic mass is 32.1. The van der Waals surface area contributed by atoms with Crippen molar-refractivity contribution in [3.05, 3.63) is 35.2 Å². The summed E-state index contributed by atoms with van der Waals surface area (Å²) in [6.45, 7) is 0.176. The largest absolute Gasteiger partial charge is 0.390 e. The van der Waals surface area contributed by atoms with Gasteiger partial charge in [-0.05, 0) is 12.1 Å². The molecule has 1 N–H and O–H groups in total. The SMILES string of the molecule is COCc1nnc(-n2nnc(CO)c2-c2cccnc2)s1. The molecule has 9 heteroatoms. The highest BCUT2D eigenvalue weighted by Crippen LogP contribution is 2.26. The van der Waals surface area contributed by atoms with E-state index in [-0.39, 0.29) is 6.61 Å². The first-order valence-electron chi connectivity index (χ1n) is 6.11. The van der Waals surface area contributed by atoms with Crippen molar-refractivity contribution in [3.8, 4) is 16.4 Å². The second kappa shape index (κ2) is 6.04. The summed E-state index contributed by atoms with van der Waals surface area (Å²) < 4.78 is 6.59. The summed E-state index contributed by atoms with van der Waals surface area (Å²) >= 11 is 1.35. The maximum absolute atomic E-state index is 9.44. The van der Waals surface area contributed by atoms with Crippen molar-refractivity contribution in [3.63, 3.8) is 0 Å². The van der Waals surface area contributed by atoms with Gasteiger partial charge in [-0.1, -0.05) is 16.6 Å². The number of hydrogen-bond acceptors (Lipinski definition) is 8. The fraction of sp³-hybridized carbons (Fsp3) is 0.250. The second-order valence-electron chi connectivity index (χ2n) is 4.11. The van der Waals surface area contributed by atoms with Gasteiger partial charge in [-0.3, -0.25) is 4.98 Å². The van der Waals surface area contributed by atoms with Crippen LogP contribution < -0.4 is 0 Å². The molecule has 0 unspecified atom stereocenters. The lowest BCUT2D eigenvalue weighted by Gasteiger charge is -2.03. The molecule has 0 spiro atoms. The van der Waals surface area contributed by atoms with Gasteiger partial charge in [0.25, 0.3) is 0 Å². The van der Waals surface area contributed by atoms with Crippen LogP contribution in [0.25, 0.3) is 16.4 Å². The molecule has 108 valence electrons. The Bertz CT molecular complexity index is 726. The van der Waals surface area contributed by atoms with Crippen LogP contribution in [0.3, 0.4) is 0 Å². The van der Waals surface area contributed by atoms with Crippen LogP contribution in [0.15, 0.2) is 24.5 Å². The molecule has 0 saturated heterocycles. The van der Waals surface area contributed by atoms with Crippen LogP contribution >= 0.6 is 11.3 Å². The van der Waals surface area contributed by atoms with Crippen molar-refractivity contribution in [1.82, 2.24) is 30.2 Å². The van der Waals surface area contributed by atoms with E-state index in [1.807, 2.05) is 12.1 Å². The summed E-state index contributed by atoms with van der Waals surface area (Å²) in [7, 11) is 1.60. The lowest BCUT2D eigenvalue weighted by molar-refractivity contribution is 0.184. The van der Waals surface area contributed by atoms with Gasteiger partial charge in [0, 0.05) is 25.1 Å². The Balaban J connectivity index is 2.08. The molecular weight excluding hydrogens is 292 g/mol. The first kappa shape index (κ1) is 13.7. The molecule has 0 bridgehead atoms. The standard InChI is InChI=1S/C12H12N6O2S/c1-20-7-10-15-16-12(21-10)18-11(9(6-19)14-17-18)8-3-2-4-13-5-8/h2-5,19H,6-7H2,1H3. The van der Waals surface area contributed by atoms with Gasteiger partial charge < -0.3 is 9.84 Å². The Kier molecular flexibility index (Phi) is 3.95. The molecule has 3 aromatic heterocycles. The van der Waals surface area contributed by atoms with Crippen molar-refractivity contribution >= 4 is 11.3 Å². The predicted octanol–water partition coefficient (Wildman–Crippen LogP) is 0.819. The Hall–Kier alpha value is -2.23. The number of methoxy groups -OCH3 is 1. The lowest BCUT2D eigenvalue weighted by atomic mass is 10.2. The topological polar surface area (TPSA) is 98.8 Å². The third-order valence-electron chi connectivity index (χ3n) is 2.73. The van der Waals surface area contributed by atoms with Crippen LogP contribution in [-0.2, 0) is 18.0 Å². The van der Waals surface area contributed by atoms with E-state index >= 15 is 0 Å². The molecule has 0 saturated carbocycles. The molecule has 0 radical (unpaired) electrons. The number of rotatable bonds is 5. The van der Waals surface area contributed by atoms with Gasteiger partial charge in [0.05, 0.1) is 6.61 Å². The Labute approximate surface area is 124 Å². The summed E-state index contributed by atoms with van der Waals surface area (Å²) in [5.41, 5.74) is 1.92. The zero-order valence-electron chi connectivity index (χ0n) is 11.2. The molecule has 3 rings (SSSR count). The molecule has 0 aliphatic carbocycles. The minimum atomic E-state index is -0.214. The van der Waals surface area contributed by atoms with E-state index in [1.165, 1.54) is 11.3 Å². The smallest absolute Gasteiger partial charge is 0.234 e. The Morgan fingerprint density at radius 2 is 2.24 bits per heavy atom. The molecule has 3 heterocycles. The fourth-order valence-electron chi connectivity index (χ4n) is 1.86. The normalized spacial score (nSPS) is 11.0. The average Bonchev–Trinajstić information content (AvgIpc) is 3.14. The first-order chi connectivity index (χ1) is 10.3. The van der Waals surface area contributed by atoms with Gasteiger partial charge >= 0.3 is 0 Å². The molecule has 0 aliphatic heterocycles. The highest BCUT2D eigenvalue weighted by Gasteiger charge is 2.18. The number of aromatic nitrogens is 6. The summed E-state index contributed by atoms with van der Waals surface area (Å²) in [6, 6.07) is 3.68. The van der Waals surface area contributed by atoms with Crippen molar-refractivity contribution in [2.75, 3.05) is 7.11 Å². The van der Waals surface area contributed by atoms with Crippen LogP contribution in [0.4, 0.5) is 0 Å². The molecule has 0 atom stereocenters. The third kappa shape index (κ3) is 2.66. The zero-order valence-corrected chi connectivity index (χ0v) is 12.0. The predicted molar refractivity (Wildman–Crippen MR) is 74.7 cm³/mol. The number of aliphatic hydroxyl groups is 1. The maximum Gasteiger partial charge on any atom is 0.234 e. The van der Waals surface area contributed by atoms with Crippen molar-refractivity contribution in [1.29, 1.82) is 0 Å². The number of pyridine rings is 1. The quantitative estimate of drug-likeness (QED) is 0.745. The minimum absolute atomic E-state index is 0.214. The summed E-state index contributed by atoms with van der Waals surface area (Å²) in [5.74, 6) is 0. The fourth-order valence-corrected chi connectivity index (χ4v) is 2.62. The van der Waals surface area contributed by atoms with Gasteiger partial charge in [0.1, 0.15) is 23.0 Å². The molecule has 3 aromatic rings. The van der Waals surface area contributed by atoms with Crippen LogP contribution in [0.1, 0.15) is 10.7 Å². The van der Waals surface area contributed by atoms with Gasteiger partial charge in [0.2, 0.25) is 5.13 Å². The molecule has 0 amide bonds. The summed E-state index contributed by atoms with van der Waals surface area (Å²) in [4.78, 5) is 4.08. The second-order valence-corrected chi connectivity index (χ2v) is 5.15. The van der Waals surface area contributed by atoms with E-state index in [0.29, 0.717) is 23.1 Å².